The summed E-state index contributed by atoms with van der Waals surface area (Å²) in [5.41, 5.74) is 1.26. The molecule has 0 aliphatic heterocycles. The summed E-state index contributed by atoms with van der Waals surface area (Å²) < 4.78 is 5.16. The Morgan fingerprint density at radius 2 is 2.00 bits per heavy atom. The minimum atomic E-state index is 0.507. The second kappa shape index (κ2) is 6.68. The van der Waals surface area contributed by atoms with Gasteiger partial charge in [-0.25, -0.2) is 4.98 Å². The SMILES string of the molecule is COc1ccc(Cc2ncc(CNC(C)C)s2)cc1. The van der Waals surface area contributed by atoms with E-state index in [2.05, 4.69) is 36.3 Å². The Labute approximate surface area is 118 Å². The van der Waals surface area contributed by atoms with Gasteiger partial charge >= 0.3 is 0 Å². The van der Waals surface area contributed by atoms with E-state index in [0.717, 1.165) is 23.7 Å². The highest BCUT2D eigenvalue weighted by Gasteiger charge is 2.04. The van der Waals surface area contributed by atoms with Crippen molar-refractivity contribution in [3.05, 3.63) is 45.9 Å². The van der Waals surface area contributed by atoms with Crippen molar-refractivity contribution in [3.63, 3.8) is 0 Å². The van der Waals surface area contributed by atoms with Gasteiger partial charge in [0.15, 0.2) is 0 Å². The number of nitrogens with zero attached hydrogens (tertiary/aromatic N) is 1. The summed E-state index contributed by atoms with van der Waals surface area (Å²) in [5, 5.41) is 4.57. The van der Waals surface area contributed by atoms with Crippen LogP contribution in [-0.2, 0) is 13.0 Å². The fourth-order valence-corrected chi connectivity index (χ4v) is 2.64. The first-order valence-electron chi connectivity index (χ1n) is 6.47. The molecule has 1 heterocycles. The van der Waals surface area contributed by atoms with Crippen LogP contribution < -0.4 is 10.1 Å². The van der Waals surface area contributed by atoms with Crippen LogP contribution in [-0.4, -0.2) is 18.1 Å². The van der Waals surface area contributed by atoms with E-state index in [-0.39, 0.29) is 0 Å². The quantitative estimate of drug-likeness (QED) is 0.879. The van der Waals surface area contributed by atoms with Gasteiger partial charge in [0.05, 0.1) is 12.1 Å². The summed E-state index contributed by atoms with van der Waals surface area (Å²) in [6.07, 6.45) is 2.86. The lowest BCUT2D eigenvalue weighted by molar-refractivity contribution is 0.414. The summed E-state index contributed by atoms with van der Waals surface area (Å²) in [6.45, 7) is 5.20. The third-order valence-electron chi connectivity index (χ3n) is 2.80. The predicted molar refractivity (Wildman–Crippen MR) is 79.9 cm³/mol. The zero-order chi connectivity index (χ0) is 13.7. The third-order valence-corrected chi connectivity index (χ3v) is 3.80. The van der Waals surface area contributed by atoms with Crippen LogP contribution in [0.3, 0.4) is 0 Å². The lowest BCUT2D eigenvalue weighted by Crippen LogP contribution is -2.21. The molecular formula is C15H20N2OS. The Bertz CT molecular complexity index is 505. The molecule has 0 saturated heterocycles. The molecule has 19 heavy (non-hydrogen) atoms. The number of hydrogen-bond acceptors (Lipinski definition) is 4. The molecule has 102 valence electrons. The molecule has 0 unspecified atom stereocenters. The van der Waals surface area contributed by atoms with Gasteiger partial charge in [-0.3, -0.25) is 0 Å². The van der Waals surface area contributed by atoms with E-state index in [1.54, 1.807) is 18.4 Å². The first-order valence-corrected chi connectivity index (χ1v) is 7.29. The molecule has 2 rings (SSSR count). The normalized spacial score (nSPS) is 10.9. The van der Waals surface area contributed by atoms with Crippen molar-refractivity contribution in [1.82, 2.24) is 10.3 Å². The number of nitrogens with one attached hydrogen (secondary N) is 1. The van der Waals surface area contributed by atoms with Gasteiger partial charge in [-0.15, -0.1) is 11.3 Å². The van der Waals surface area contributed by atoms with E-state index in [9.17, 15) is 0 Å². The van der Waals surface area contributed by atoms with Crippen molar-refractivity contribution >= 4 is 11.3 Å². The van der Waals surface area contributed by atoms with E-state index >= 15 is 0 Å². The monoisotopic (exact) mass is 276 g/mol. The molecule has 0 spiro atoms. The number of methoxy groups -OCH3 is 1. The van der Waals surface area contributed by atoms with Crippen molar-refractivity contribution in [1.29, 1.82) is 0 Å². The van der Waals surface area contributed by atoms with Crippen molar-refractivity contribution < 1.29 is 4.74 Å². The topological polar surface area (TPSA) is 34.1 Å². The Balaban J connectivity index is 1.95. The first kappa shape index (κ1) is 14.0. The van der Waals surface area contributed by atoms with E-state index in [1.807, 2.05) is 18.3 Å². The van der Waals surface area contributed by atoms with Crippen LogP contribution in [0, 0.1) is 0 Å². The molecular weight excluding hydrogens is 256 g/mol. The molecule has 0 bridgehead atoms. The molecule has 1 N–H and O–H groups in total. The number of rotatable bonds is 6. The number of hydrogen-bond donors (Lipinski definition) is 1. The van der Waals surface area contributed by atoms with Crippen LogP contribution in [0.1, 0.15) is 29.3 Å². The summed E-state index contributed by atoms with van der Waals surface area (Å²) in [4.78, 5) is 5.77. The maximum atomic E-state index is 5.16. The highest BCUT2D eigenvalue weighted by molar-refractivity contribution is 7.11. The highest BCUT2D eigenvalue weighted by atomic mass is 32.1. The van der Waals surface area contributed by atoms with Gasteiger partial charge in [0.2, 0.25) is 0 Å². The van der Waals surface area contributed by atoms with Gasteiger partial charge in [-0.05, 0) is 17.7 Å². The first-order chi connectivity index (χ1) is 9.17. The number of ether oxygens (including phenoxy) is 1. The summed E-state index contributed by atoms with van der Waals surface area (Å²) in [6, 6.07) is 8.67. The van der Waals surface area contributed by atoms with Gasteiger partial charge in [-0.2, -0.15) is 0 Å². The standard InChI is InChI=1S/C15H20N2OS/c1-11(2)16-9-14-10-17-15(19-14)8-12-4-6-13(18-3)7-5-12/h4-7,10-11,16H,8-9H2,1-3H3. The lowest BCUT2D eigenvalue weighted by Gasteiger charge is -2.04. The predicted octanol–water partition coefficient (Wildman–Crippen LogP) is 3.24. The molecule has 4 heteroatoms. The third kappa shape index (κ3) is 4.33. The fraction of sp³-hybridized carbons (Fsp3) is 0.400. The average Bonchev–Trinajstić information content (AvgIpc) is 2.85. The van der Waals surface area contributed by atoms with Gasteiger partial charge in [-0.1, -0.05) is 26.0 Å². The van der Waals surface area contributed by atoms with Gasteiger partial charge in [0.1, 0.15) is 5.75 Å². The molecule has 3 nitrogen and oxygen atoms in total. The van der Waals surface area contributed by atoms with Crippen LogP contribution in [0.5, 0.6) is 5.75 Å². The maximum absolute atomic E-state index is 5.16. The van der Waals surface area contributed by atoms with Crippen LogP contribution in [0.2, 0.25) is 0 Å². The molecule has 0 aliphatic carbocycles. The Morgan fingerprint density at radius 3 is 2.63 bits per heavy atom. The van der Waals surface area contributed by atoms with Crippen LogP contribution >= 0.6 is 11.3 Å². The van der Waals surface area contributed by atoms with Crippen molar-refractivity contribution in [2.75, 3.05) is 7.11 Å². The lowest BCUT2D eigenvalue weighted by atomic mass is 10.1. The summed E-state index contributed by atoms with van der Waals surface area (Å²) in [5.74, 6) is 0.893. The maximum Gasteiger partial charge on any atom is 0.118 e. The van der Waals surface area contributed by atoms with E-state index in [1.165, 1.54) is 10.4 Å². The second-order valence-electron chi connectivity index (χ2n) is 4.78. The van der Waals surface area contributed by atoms with Crippen LogP contribution in [0.25, 0.3) is 0 Å². The smallest absolute Gasteiger partial charge is 0.118 e. The van der Waals surface area contributed by atoms with Crippen LogP contribution in [0.4, 0.5) is 0 Å². The molecule has 0 fully saturated rings. The molecule has 0 amide bonds. The van der Waals surface area contributed by atoms with Crippen molar-refractivity contribution in [3.8, 4) is 5.75 Å². The Kier molecular flexibility index (Phi) is 4.93. The van der Waals surface area contributed by atoms with Crippen molar-refractivity contribution in [2.24, 2.45) is 0 Å². The molecule has 2 aromatic rings. The van der Waals surface area contributed by atoms with Crippen molar-refractivity contribution in [2.45, 2.75) is 32.9 Å². The molecule has 0 saturated carbocycles. The zero-order valence-electron chi connectivity index (χ0n) is 11.6. The molecule has 0 atom stereocenters. The fourth-order valence-electron chi connectivity index (χ4n) is 1.73. The largest absolute Gasteiger partial charge is 0.497 e. The molecule has 0 radical (unpaired) electrons. The number of benzene rings is 1. The zero-order valence-corrected chi connectivity index (χ0v) is 12.5. The Hall–Kier alpha value is -1.39. The van der Waals surface area contributed by atoms with Gasteiger partial charge in [0.25, 0.3) is 0 Å². The number of aromatic nitrogens is 1. The summed E-state index contributed by atoms with van der Waals surface area (Å²) in [7, 11) is 1.68. The molecule has 1 aromatic heterocycles. The minimum absolute atomic E-state index is 0.507. The second-order valence-corrected chi connectivity index (χ2v) is 5.98. The molecule has 0 aliphatic rings. The average molecular weight is 276 g/mol. The van der Waals surface area contributed by atoms with E-state index in [4.69, 9.17) is 4.74 Å². The van der Waals surface area contributed by atoms with E-state index < -0.39 is 0 Å². The van der Waals surface area contributed by atoms with Gasteiger partial charge < -0.3 is 10.1 Å². The van der Waals surface area contributed by atoms with Crippen LogP contribution in [0.15, 0.2) is 30.5 Å². The molecule has 1 aromatic carbocycles. The minimum Gasteiger partial charge on any atom is -0.497 e. The highest BCUT2D eigenvalue weighted by Crippen LogP contribution is 2.19. The number of thiazole rings is 1. The van der Waals surface area contributed by atoms with Gasteiger partial charge in [0, 0.05) is 30.1 Å². The summed E-state index contributed by atoms with van der Waals surface area (Å²) >= 11 is 1.77. The van der Waals surface area contributed by atoms with E-state index in [0.29, 0.717) is 6.04 Å². The Morgan fingerprint density at radius 1 is 1.26 bits per heavy atom.